The number of aliphatic hydroxyl groups is 1. The second-order valence-electron chi connectivity index (χ2n) is 4.22. The Balaban J connectivity index is 2.14. The summed E-state index contributed by atoms with van der Waals surface area (Å²) < 4.78 is 0. The van der Waals surface area contributed by atoms with Gasteiger partial charge in [-0.1, -0.05) is 6.42 Å². The lowest BCUT2D eigenvalue weighted by molar-refractivity contribution is 0.132. The van der Waals surface area contributed by atoms with Gasteiger partial charge in [-0.2, -0.15) is 0 Å². The van der Waals surface area contributed by atoms with Gasteiger partial charge in [0.1, 0.15) is 0 Å². The lowest BCUT2D eigenvalue weighted by atomic mass is 10.0. The molecule has 1 unspecified atom stereocenters. The van der Waals surface area contributed by atoms with Gasteiger partial charge in [0.2, 0.25) is 0 Å². The maximum absolute atomic E-state index is 9.19. The summed E-state index contributed by atoms with van der Waals surface area (Å²) in [5.74, 6) is 0. The smallest absolute Gasteiger partial charge is 0.0638 e. The number of aliphatic hydroxyl groups excluding tert-OH is 1. The van der Waals surface area contributed by atoms with Gasteiger partial charge in [0.15, 0.2) is 0 Å². The third-order valence-electron chi connectivity index (χ3n) is 2.52. The van der Waals surface area contributed by atoms with Gasteiger partial charge in [0, 0.05) is 19.1 Å². The monoisotopic (exact) mass is 186 g/mol. The van der Waals surface area contributed by atoms with Gasteiger partial charge in [0.25, 0.3) is 0 Å². The van der Waals surface area contributed by atoms with E-state index < -0.39 is 0 Å². The second-order valence-corrected chi connectivity index (χ2v) is 4.22. The molecule has 3 nitrogen and oxygen atoms in total. The predicted octanol–water partition coefficient (Wildman–Crippen LogP) is 0.441. The van der Waals surface area contributed by atoms with Crippen LogP contribution in [0.3, 0.4) is 0 Å². The van der Waals surface area contributed by atoms with E-state index in [0.29, 0.717) is 6.04 Å². The SMILES string of the molecule is C[C@H](O)CN(C)CC1CCCCN1. The topological polar surface area (TPSA) is 35.5 Å². The summed E-state index contributed by atoms with van der Waals surface area (Å²) in [6.07, 6.45) is 3.73. The van der Waals surface area contributed by atoms with Gasteiger partial charge in [0.05, 0.1) is 6.10 Å². The molecule has 1 rings (SSSR count). The van der Waals surface area contributed by atoms with E-state index in [1.165, 1.54) is 19.3 Å². The van der Waals surface area contributed by atoms with Crippen molar-refractivity contribution in [1.82, 2.24) is 10.2 Å². The van der Waals surface area contributed by atoms with Gasteiger partial charge >= 0.3 is 0 Å². The van der Waals surface area contributed by atoms with Crippen LogP contribution in [-0.4, -0.2) is 48.8 Å². The normalized spacial score (nSPS) is 26.3. The molecule has 0 spiro atoms. The molecule has 0 aromatic heterocycles. The van der Waals surface area contributed by atoms with Gasteiger partial charge in [-0.05, 0) is 33.4 Å². The van der Waals surface area contributed by atoms with Crippen molar-refractivity contribution in [3.8, 4) is 0 Å². The van der Waals surface area contributed by atoms with Gasteiger partial charge < -0.3 is 15.3 Å². The highest BCUT2D eigenvalue weighted by Gasteiger charge is 2.14. The van der Waals surface area contributed by atoms with Crippen LogP contribution in [0.25, 0.3) is 0 Å². The predicted molar refractivity (Wildman–Crippen MR) is 54.8 cm³/mol. The fraction of sp³-hybridized carbons (Fsp3) is 1.00. The maximum atomic E-state index is 9.19. The number of rotatable bonds is 4. The van der Waals surface area contributed by atoms with Crippen molar-refractivity contribution in [3.63, 3.8) is 0 Å². The van der Waals surface area contributed by atoms with Crippen molar-refractivity contribution >= 4 is 0 Å². The number of piperidine rings is 1. The average Bonchev–Trinajstić information content (AvgIpc) is 2.04. The molecular weight excluding hydrogens is 164 g/mol. The summed E-state index contributed by atoms with van der Waals surface area (Å²) in [6.45, 7) is 4.83. The highest BCUT2D eigenvalue weighted by Crippen LogP contribution is 2.07. The van der Waals surface area contributed by atoms with E-state index >= 15 is 0 Å². The molecule has 1 fully saturated rings. The van der Waals surface area contributed by atoms with Crippen LogP contribution in [-0.2, 0) is 0 Å². The van der Waals surface area contributed by atoms with E-state index in [9.17, 15) is 5.11 Å². The zero-order chi connectivity index (χ0) is 9.68. The standard InChI is InChI=1S/C10H22N2O/c1-9(13)7-12(2)8-10-5-3-4-6-11-10/h9-11,13H,3-8H2,1-2H3/t9-,10?/m0/s1. The summed E-state index contributed by atoms with van der Waals surface area (Å²) in [5, 5.41) is 12.7. The van der Waals surface area contributed by atoms with Crippen LogP contribution in [0.5, 0.6) is 0 Å². The Morgan fingerprint density at radius 1 is 1.54 bits per heavy atom. The molecule has 1 aliphatic rings. The minimum atomic E-state index is -0.214. The van der Waals surface area contributed by atoms with Crippen molar-refractivity contribution in [2.75, 3.05) is 26.7 Å². The first-order valence-corrected chi connectivity index (χ1v) is 5.28. The first-order chi connectivity index (χ1) is 6.18. The van der Waals surface area contributed by atoms with E-state index in [-0.39, 0.29) is 6.10 Å². The van der Waals surface area contributed by atoms with E-state index in [1.807, 2.05) is 6.92 Å². The van der Waals surface area contributed by atoms with Crippen molar-refractivity contribution in [2.45, 2.75) is 38.3 Å². The number of nitrogens with one attached hydrogen (secondary N) is 1. The highest BCUT2D eigenvalue weighted by molar-refractivity contribution is 4.75. The molecule has 0 aliphatic carbocycles. The minimum Gasteiger partial charge on any atom is -0.392 e. The number of likely N-dealkylation sites (N-methyl/N-ethyl adjacent to an activating group) is 1. The number of nitrogens with zero attached hydrogens (tertiary/aromatic N) is 1. The molecule has 0 radical (unpaired) electrons. The van der Waals surface area contributed by atoms with Crippen molar-refractivity contribution in [2.24, 2.45) is 0 Å². The zero-order valence-electron chi connectivity index (χ0n) is 8.79. The maximum Gasteiger partial charge on any atom is 0.0638 e. The molecule has 1 heterocycles. The zero-order valence-corrected chi connectivity index (χ0v) is 8.79. The summed E-state index contributed by atoms with van der Waals surface area (Å²) in [7, 11) is 2.07. The van der Waals surface area contributed by atoms with Gasteiger partial charge in [-0.15, -0.1) is 0 Å². The molecule has 1 saturated heterocycles. The minimum absolute atomic E-state index is 0.214. The molecule has 2 N–H and O–H groups in total. The van der Waals surface area contributed by atoms with Crippen molar-refractivity contribution in [1.29, 1.82) is 0 Å². The summed E-state index contributed by atoms with van der Waals surface area (Å²) in [4.78, 5) is 2.20. The van der Waals surface area contributed by atoms with Crippen LogP contribution in [0.4, 0.5) is 0 Å². The van der Waals surface area contributed by atoms with Gasteiger partial charge in [-0.3, -0.25) is 0 Å². The molecule has 3 heteroatoms. The first kappa shape index (κ1) is 11.0. The Morgan fingerprint density at radius 2 is 2.31 bits per heavy atom. The van der Waals surface area contributed by atoms with Crippen LogP contribution in [0.2, 0.25) is 0 Å². The fourth-order valence-electron chi connectivity index (χ4n) is 1.98. The largest absolute Gasteiger partial charge is 0.392 e. The summed E-state index contributed by atoms with van der Waals surface area (Å²) in [6, 6.07) is 0.637. The van der Waals surface area contributed by atoms with Gasteiger partial charge in [-0.25, -0.2) is 0 Å². The van der Waals surface area contributed by atoms with E-state index in [4.69, 9.17) is 0 Å². The van der Waals surface area contributed by atoms with Crippen LogP contribution < -0.4 is 5.32 Å². The quantitative estimate of drug-likeness (QED) is 0.669. The van der Waals surface area contributed by atoms with E-state index in [1.54, 1.807) is 0 Å². The Bertz CT molecular complexity index is 133. The molecule has 13 heavy (non-hydrogen) atoms. The molecule has 2 atom stereocenters. The summed E-state index contributed by atoms with van der Waals surface area (Å²) >= 11 is 0. The lowest BCUT2D eigenvalue weighted by Crippen LogP contribution is -2.43. The van der Waals surface area contributed by atoms with Crippen LogP contribution in [0.15, 0.2) is 0 Å². The highest BCUT2D eigenvalue weighted by atomic mass is 16.3. The Kier molecular flexibility index (Phi) is 4.70. The molecule has 0 aromatic rings. The lowest BCUT2D eigenvalue weighted by Gasteiger charge is -2.28. The number of hydrogen-bond acceptors (Lipinski definition) is 3. The van der Waals surface area contributed by atoms with Crippen molar-refractivity contribution in [3.05, 3.63) is 0 Å². The first-order valence-electron chi connectivity index (χ1n) is 5.28. The Morgan fingerprint density at radius 3 is 2.85 bits per heavy atom. The fourth-order valence-corrected chi connectivity index (χ4v) is 1.98. The molecule has 78 valence electrons. The average molecular weight is 186 g/mol. The third kappa shape index (κ3) is 4.60. The third-order valence-corrected chi connectivity index (χ3v) is 2.52. The Labute approximate surface area is 81.1 Å². The molecule has 1 aliphatic heterocycles. The molecule has 0 aromatic carbocycles. The van der Waals surface area contributed by atoms with Crippen LogP contribution in [0.1, 0.15) is 26.2 Å². The Hall–Kier alpha value is -0.120. The van der Waals surface area contributed by atoms with Crippen LogP contribution in [0, 0.1) is 0 Å². The molecule has 0 bridgehead atoms. The molecule has 0 amide bonds. The molecular formula is C10H22N2O. The van der Waals surface area contributed by atoms with Crippen molar-refractivity contribution < 1.29 is 5.11 Å². The van der Waals surface area contributed by atoms with E-state index in [0.717, 1.165) is 19.6 Å². The summed E-state index contributed by atoms with van der Waals surface area (Å²) in [5.41, 5.74) is 0. The number of hydrogen-bond donors (Lipinski definition) is 2. The van der Waals surface area contributed by atoms with E-state index in [2.05, 4.69) is 17.3 Å². The molecule has 0 saturated carbocycles. The van der Waals surface area contributed by atoms with Crippen LogP contribution >= 0.6 is 0 Å². The second kappa shape index (κ2) is 5.58.